The molecule has 0 aromatic heterocycles. The van der Waals surface area contributed by atoms with E-state index in [0.29, 0.717) is 54.7 Å². The Kier molecular flexibility index (Phi) is 5.00. The van der Waals surface area contributed by atoms with Crippen molar-refractivity contribution in [1.29, 1.82) is 0 Å². The molecule has 158 valence electrons. The summed E-state index contributed by atoms with van der Waals surface area (Å²) in [5.74, 6) is 2.57. The van der Waals surface area contributed by atoms with Gasteiger partial charge in [-0.15, -0.1) is 0 Å². The second-order valence-corrected chi connectivity index (χ2v) is 8.30. The highest BCUT2D eigenvalue weighted by molar-refractivity contribution is 5.94. The van der Waals surface area contributed by atoms with E-state index in [1.165, 1.54) is 0 Å². The maximum Gasteiger partial charge on any atom is 0.253 e. The Morgan fingerprint density at radius 2 is 1.77 bits per heavy atom. The fraction of sp³-hybridized carbons (Fsp3) is 0.435. The Bertz CT molecular complexity index is 930. The third kappa shape index (κ3) is 3.59. The van der Waals surface area contributed by atoms with Crippen LogP contribution in [0.1, 0.15) is 28.8 Å². The zero-order chi connectivity index (χ0) is 20.7. The number of aliphatic hydroxyl groups excluding tert-OH is 2. The molecule has 1 saturated heterocycles. The predicted octanol–water partition coefficient (Wildman–Crippen LogP) is 2.20. The largest absolute Gasteiger partial charge is 0.488 e. The summed E-state index contributed by atoms with van der Waals surface area (Å²) in [5, 5.41) is 19.8. The van der Waals surface area contributed by atoms with Crippen LogP contribution in [-0.2, 0) is 6.61 Å². The number of benzene rings is 2. The standard InChI is InChI=1S/C23H25NO6/c25-12-14-1-3-15(4-2-14)23(27)24-10-16-7-19(26)21(8-17(16)11-24)30-18-5-6-20-22(9-18)29-13-28-20/h1-6,9,16-17,19,21,25-26H,7-8,10-13H2/t16-,17+,19+,21+/m0/s1. The number of likely N-dealkylation sites (tertiary alicyclic amines) is 1. The van der Waals surface area contributed by atoms with E-state index in [0.717, 1.165) is 5.56 Å². The van der Waals surface area contributed by atoms with Gasteiger partial charge >= 0.3 is 0 Å². The number of carbonyl (C=O) groups excluding carboxylic acids is 1. The first-order valence-electron chi connectivity index (χ1n) is 10.3. The molecule has 0 spiro atoms. The Morgan fingerprint density at radius 1 is 1.03 bits per heavy atom. The molecule has 4 atom stereocenters. The van der Waals surface area contributed by atoms with Gasteiger partial charge < -0.3 is 29.3 Å². The van der Waals surface area contributed by atoms with Gasteiger partial charge in [-0.2, -0.15) is 0 Å². The normalized spacial score (nSPS) is 27.1. The molecule has 0 unspecified atom stereocenters. The van der Waals surface area contributed by atoms with Gasteiger partial charge in [-0.1, -0.05) is 12.1 Å². The van der Waals surface area contributed by atoms with E-state index in [1.54, 1.807) is 30.3 Å². The van der Waals surface area contributed by atoms with Crippen LogP contribution >= 0.6 is 0 Å². The predicted molar refractivity (Wildman–Crippen MR) is 107 cm³/mol. The maximum atomic E-state index is 12.9. The molecule has 7 heteroatoms. The van der Waals surface area contributed by atoms with Crippen molar-refractivity contribution in [1.82, 2.24) is 4.90 Å². The first-order chi connectivity index (χ1) is 14.6. The molecule has 2 fully saturated rings. The van der Waals surface area contributed by atoms with Crippen LogP contribution in [0.2, 0.25) is 0 Å². The van der Waals surface area contributed by atoms with Crippen LogP contribution in [0.5, 0.6) is 17.2 Å². The number of hydrogen-bond acceptors (Lipinski definition) is 6. The Hall–Kier alpha value is -2.77. The second kappa shape index (κ2) is 7.81. The summed E-state index contributed by atoms with van der Waals surface area (Å²) >= 11 is 0. The van der Waals surface area contributed by atoms with Gasteiger partial charge in [0.1, 0.15) is 11.9 Å². The molecule has 2 aromatic rings. The smallest absolute Gasteiger partial charge is 0.253 e. The van der Waals surface area contributed by atoms with Gasteiger partial charge in [0.2, 0.25) is 6.79 Å². The molecule has 1 amide bonds. The molecular weight excluding hydrogens is 386 g/mol. The lowest BCUT2D eigenvalue weighted by atomic mass is 9.78. The third-order valence-corrected chi connectivity index (χ3v) is 6.39. The van der Waals surface area contributed by atoms with Gasteiger partial charge in [-0.25, -0.2) is 0 Å². The van der Waals surface area contributed by atoms with Crippen LogP contribution in [-0.4, -0.2) is 53.1 Å². The molecule has 0 bridgehead atoms. The molecule has 2 aliphatic heterocycles. The van der Waals surface area contributed by atoms with Crippen LogP contribution < -0.4 is 14.2 Å². The van der Waals surface area contributed by atoms with Crippen molar-refractivity contribution in [3.63, 3.8) is 0 Å². The number of nitrogens with zero attached hydrogens (tertiary/aromatic N) is 1. The first kappa shape index (κ1) is 19.2. The van der Waals surface area contributed by atoms with Crippen molar-refractivity contribution in [2.24, 2.45) is 11.8 Å². The van der Waals surface area contributed by atoms with E-state index < -0.39 is 6.10 Å². The van der Waals surface area contributed by atoms with Crippen LogP contribution in [0.25, 0.3) is 0 Å². The molecule has 2 N–H and O–H groups in total. The zero-order valence-electron chi connectivity index (χ0n) is 16.6. The molecule has 3 aliphatic rings. The van der Waals surface area contributed by atoms with E-state index in [1.807, 2.05) is 17.0 Å². The molecule has 30 heavy (non-hydrogen) atoms. The quantitative estimate of drug-likeness (QED) is 0.802. The van der Waals surface area contributed by atoms with Crippen molar-refractivity contribution in [2.45, 2.75) is 31.7 Å². The highest BCUT2D eigenvalue weighted by Crippen LogP contribution is 2.40. The zero-order valence-corrected chi connectivity index (χ0v) is 16.6. The maximum absolute atomic E-state index is 12.9. The van der Waals surface area contributed by atoms with E-state index in [-0.39, 0.29) is 31.3 Å². The fourth-order valence-electron chi connectivity index (χ4n) is 4.74. The highest BCUT2D eigenvalue weighted by Gasteiger charge is 2.44. The van der Waals surface area contributed by atoms with E-state index in [4.69, 9.17) is 14.2 Å². The van der Waals surface area contributed by atoms with Crippen molar-refractivity contribution in [3.8, 4) is 17.2 Å². The number of amides is 1. The molecule has 0 radical (unpaired) electrons. The monoisotopic (exact) mass is 411 g/mol. The highest BCUT2D eigenvalue weighted by atomic mass is 16.7. The van der Waals surface area contributed by atoms with E-state index in [2.05, 4.69) is 0 Å². The van der Waals surface area contributed by atoms with Gasteiger partial charge in [-0.05, 0) is 54.5 Å². The molecule has 7 nitrogen and oxygen atoms in total. The van der Waals surface area contributed by atoms with Crippen molar-refractivity contribution in [3.05, 3.63) is 53.6 Å². The number of rotatable bonds is 4. The van der Waals surface area contributed by atoms with Gasteiger partial charge in [0.25, 0.3) is 5.91 Å². The average molecular weight is 411 g/mol. The average Bonchev–Trinajstić information content (AvgIpc) is 3.39. The van der Waals surface area contributed by atoms with Crippen LogP contribution in [0.3, 0.4) is 0 Å². The minimum Gasteiger partial charge on any atom is -0.488 e. The number of carbonyl (C=O) groups is 1. The minimum absolute atomic E-state index is 0.00313. The van der Waals surface area contributed by atoms with Gasteiger partial charge in [-0.3, -0.25) is 4.79 Å². The molecule has 2 heterocycles. The minimum atomic E-state index is -0.574. The molecule has 2 aromatic carbocycles. The third-order valence-electron chi connectivity index (χ3n) is 6.39. The molecule has 1 aliphatic carbocycles. The summed E-state index contributed by atoms with van der Waals surface area (Å²) < 4.78 is 16.8. The summed E-state index contributed by atoms with van der Waals surface area (Å²) in [7, 11) is 0. The Labute approximate surface area is 174 Å². The van der Waals surface area contributed by atoms with Crippen molar-refractivity contribution < 1.29 is 29.2 Å². The number of hydrogen-bond donors (Lipinski definition) is 2. The molecular formula is C23H25NO6. The van der Waals surface area contributed by atoms with Gasteiger partial charge in [0, 0.05) is 24.7 Å². The SMILES string of the molecule is O=C(c1ccc(CO)cc1)N1C[C@H]2C[C@@H](Oc3ccc4c(c3)OCO4)[C@H](O)C[C@H]2C1. The number of ether oxygens (including phenoxy) is 3. The summed E-state index contributed by atoms with van der Waals surface area (Å²) in [6, 6.07) is 12.5. The summed E-state index contributed by atoms with van der Waals surface area (Å²) in [6.45, 7) is 1.49. The Morgan fingerprint density at radius 3 is 2.53 bits per heavy atom. The summed E-state index contributed by atoms with van der Waals surface area (Å²) in [4.78, 5) is 14.8. The van der Waals surface area contributed by atoms with Crippen LogP contribution in [0, 0.1) is 11.8 Å². The van der Waals surface area contributed by atoms with E-state index in [9.17, 15) is 15.0 Å². The van der Waals surface area contributed by atoms with Crippen molar-refractivity contribution >= 4 is 5.91 Å². The summed E-state index contributed by atoms with van der Waals surface area (Å²) in [5.41, 5.74) is 1.41. The van der Waals surface area contributed by atoms with Gasteiger partial charge in [0.05, 0.1) is 12.7 Å². The second-order valence-electron chi connectivity index (χ2n) is 8.30. The topological polar surface area (TPSA) is 88.5 Å². The van der Waals surface area contributed by atoms with Gasteiger partial charge in [0.15, 0.2) is 11.5 Å². The van der Waals surface area contributed by atoms with Crippen molar-refractivity contribution in [2.75, 3.05) is 19.9 Å². The Balaban J connectivity index is 1.24. The first-order valence-corrected chi connectivity index (χ1v) is 10.3. The number of fused-ring (bicyclic) bond motifs is 2. The van der Waals surface area contributed by atoms with Crippen LogP contribution in [0.15, 0.2) is 42.5 Å². The number of aliphatic hydroxyl groups is 2. The summed E-state index contributed by atoms with van der Waals surface area (Å²) in [6.07, 6.45) is 0.432. The lowest BCUT2D eigenvalue weighted by Crippen LogP contribution is -2.42. The molecule has 1 saturated carbocycles. The van der Waals surface area contributed by atoms with E-state index >= 15 is 0 Å². The molecule has 5 rings (SSSR count). The van der Waals surface area contributed by atoms with Crippen LogP contribution in [0.4, 0.5) is 0 Å². The lowest BCUT2D eigenvalue weighted by molar-refractivity contribution is -0.0232. The lowest BCUT2D eigenvalue weighted by Gasteiger charge is -2.35. The fourth-order valence-corrected chi connectivity index (χ4v) is 4.74.